The van der Waals surface area contributed by atoms with Crippen molar-refractivity contribution in [3.05, 3.63) is 28.2 Å². The highest BCUT2D eigenvalue weighted by Crippen LogP contribution is 2.37. The van der Waals surface area contributed by atoms with Crippen molar-refractivity contribution in [1.82, 2.24) is 5.32 Å². The Bertz CT molecular complexity index is 470. The van der Waals surface area contributed by atoms with Crippen molar-refractivity contribution in [2.45, 2.75) is 50.9 Å². The molecule has 0 aromatic heterocycles. The summed E-state index contributed by atoms with van der Waals surface area (Å²) in [6.07, 6.45) is -0.0551. The van der Waals surface area contributed by atoms with Crippen LogP contribution in [0.2, 0.25) is 0 Å². The molecule has 0 amide bonds. The van der Waals surface area contributed by atoms with Gasteiger partial charge < -0.3 is 10.6 Å². The third-order valence-corrected chi connectivity index (χ3v) is 4.23. The molecule has 2 rings (SSSR count). The Morgan fingerprint density at radius 1 is 1.38 bits per heavy atom. The van der Waals surface area contributed by atoms with Gasteiger partial charge in [0.1, 0.15) is 0 Å². The van der Waals surface area contributed by atoms with E-state index in [4.69, 9.17) is 0 Å². The second kappa shape index (κ2) is 7.01. The first-order valence-electron chi connectivity index (χ1n) is 7.23. The summed E-state index contributed by atoms with van der Waals surface area (Å²) < 4.78 is 39.6. The number of alkyl halides is 3. The molecule has 0 saturated carbocycles. The normalized spacial score (nSPS) is 21.1. The number of halogens is 4. The second-order valence-corrected chi connectivity index (χ2v) is 6.53. The summed E-state index contributed by atoms with van der Waals surface area (Å²) in [7, 11) is 0. The molecule has 0 spiro atoms. The molecule has 2 N–H and O–H groups in total. The standard InChI is InChI=1S/C15H20BrF3N2/c1-10(8-12-4-2-3-7-20-12)21-14-6-5-11(16)9-13(14)15(17,18)19/h5-6,9-10,12,20-21H,2-4,7-8H2,1H3. The Labute approximate surface area is 131 Å². The molecule has 1 aliphatic heterocycles. The molecule has 1 aliphatic rings. The summed E-state index contributed by atoms with van der Waals surface area (Å²) >= 11 is 3.10. The summed E-state index contributed by atoms with van der Waals surface area (Å²) in [5.41, 5.74) is -0.477. The topological polar surface area (TPSA) is 24.1 Å². The molecule has 1 aromatic carbocycles. The molecule has 1 saturated heterocycles. The van der Waals surface area contributed by atoms with E-state index in [2.05, 4.69) is 26.6 Å². The fourth-order valence-electron chi connectivity index (χ4n) is 2.75. The third-order valence-electron chi connectivity index (χ3n) is 3.74. The fraction of sp³-hybridized carbons (Fsp3) is 0.600. The highest BCUT2D eigenvalue weighted by molar-refractivity contribution is 9.10. The van der Waals surface area contributed by atoms with E-state index in [9.17, 15) is 13.2 Å². The third kappa shape index (κ3) is 4.88. The van der Waals surface area contributed by atoms with Gasteiger partial charge in [0, 0.05) is 22.2 Å². The van der Waals surface area contributed by atoms with Crippen LogP contribution in [0.3, 0.4) is 0 Å². The van der Waals surface area contributed by atoms with Crippen LogP contribution in [-0.4, -0.2) is 18.6 Å². The SMILES string of the molecule is CC(CC1CCCCN1)Nc1ccc(Br)cc1C(F)(F)F. The molecule has 1 aromatic rings. The van der Waals surface area contributed by atoms with Crippen LogP contribution in [0.4, 0.5) is 18.9 Å². The minimum atomic E-state index is -4.35. The predicted molar refractivity (Wildman–Crippen MR) is 82.5 cm³/mol. The van der Waals surface area contributed by atoms with Gasteiger partial charge in [0.2, 0.25) is 0 Å². The highest BCUT2D eigenvalue weighted by atomic mass is 79.9. The molecule has 2 unspecified atom stereocenters. The zero-order chi connectivity index (χ0) is 15.5. The molecule has 0 radical (unpaired) electrons. The quantitative estimate of drug-likeness (QED) is 0.801. The Morgan fingerprint density at radius 2 is 2.14 bits per heavy atom. The molecule has 21 heavy (non-hydrogen) atoms. The van der Waals surface area contributed by atoms with Gasteiger partial charge in [-0.3, -0.25) is 0 Å². The number of hydrogen-bond acceptors (Lipinski definition) is 2. The van der Waals surface area contributed by atoms with Gasteiger partial charge in [0.25, 0.3) is 0 Å². The van der Waals surface area contributed by atoms with Gasteiger partial charge in [-0.2, -0.15) is 13.2 Å². The monoisotopic (exact) mass is 364 g/mol. The Hall–Kier alpha value is -0.750. The molecule has 2 nitrogen and oxygen atoms in total. The molecular weight excluding hydrogens is 345 g/mol. The number of hydrogen-bond donors (Lipinski definition) is 2. The molecule has 1 fully saturated rings. The van der Waals surface area contributed by atoms with Gasteiger partial charge >= 0.3 is 6.18 Å². The predicted octanol–water partition coefficient (Wildman–Crippen LogP) is 4.80. The minimum absolute atomic E-state index is 0.0112. The Morgan fingerprint density at radius 3 is 2.76 bits per heavy atom. The van der Waals surface area contributed by atoms with E-state index in [0.29, 0.717) is 10.5 Å². The van der Waals surface area contributed by atoms with E-state index in [1.165, 1.54) is 18.9 Å². The molecule has 118 valence electrons. The van der Waals surface area contributed by atoms with Crippen molar-refractivity contribution in [3.8, 4) is 0 Å². The van der Waals surface area contributed by atoms with Gasteiger partial charge in [-0.05, 0) is 50.9 Å². The van der Waals surface area contributed by atoms with E-state index < -0.39 is 11.7 Å². The molecule has 1 heterocycles. The van der Waals surface area contributed by atoms with Crippen molar-refractivity contribution in [3.63, 3.8) is 0 Å². The van der Waals surface area contributed by atoms with Crippen molar-refractivity contribution in [2.75, 3.05) is 11.9 Å². The summed E-state index contributed by atoms with van der Waals surface area (Å²) in [6.45, 7) is 2.93. The van der Waals surface area contributed by atoms with Crippen LogP contribution in [-0.2, 0) is 6.18 Å². The van der Waals surface area contributed by atoms with Gasteiger partial charge in [0.15, 0.2) is 0 Å². The van der Waals surface area contributed by atoms with Crippen molar-refractivity contribution in [2.24, 2.45) is 0 Å². The van der Waals surface area contributed by atoms with Crippen LogP contribution in [0.15, 0.2) is 22.7 Å². The first kappa shape index (κ1) is 16.6. The maximum absolute atomic E-state index is 13.1. The van der Waals surface area contributed by atoms with Gasteiger partial charge in [-0.25, -0.2) is 0 Å². The number of piperidine rings is 1. The fourth-order valence-corrected chi connectivity index (χ4v) is 3.11. The average Bonchev–Trinajstić information content (AvgIpc) is 2.40. The number of benzene rings is 1. The number of rotatable bonds is 4. The van der Waals surface area contributed by atoms with Crippen LogP contribution in [0.25, 0.3) is 0 Å². The zero-order valence-corrected chi connectivity index (χ0v) is 13.5. The van der Waals surface area contributed by atoms with Crippen LogP contribution < -0.4 is 10.6 Å². The Balaban J connectivity index is 2.04. The Kier molecular flexibility index (Phi) is 5.54. The van der Waals surface area contributed by atoms with Crippen LogP contribution in [0, 0.1) is 0 Å². The molecule has 0 bridgehead atoms. The van der Waals surface area contributed by atoms with E-state index in [1.54, 1.807) is 6.07 Å². The first-order chi connectivity index (χ1) is 9.86. The first-order valence-corrected chi connectivity index (χ1v) is 8.02. The lowest BCUT2D eigenvalue weighted by atomic mass is 9.98. The molecule has 2 atom stereocenters. The summed E-state index contributed by atoms with van der Waals surface area (Å²) in [5.74, 6) is 0. The summed E-state index contributed by atoms with van der Waals surface area (Å²) in [4.78, 5) is 0. The van der Waals surface area contributed by atoms with Gasteiger partial charge in [0.05, 0.1) is 5.56 Å². The average molecular weight is 365 g/mol. The van der Waals surface area contributed by atoms with Crippen molar-refractivity contribution in [1.29, 1.82) is 0 Å². The maximum Gasteiger partial charge on any atom is 0.418 e. The van der Waals surface area contributed by atoms with E-state index >= 15 is 0 Å². The van der Waals surface area contributed by atoms with E-state index in [1.807, 2.05) is 6.92 Å². The van der Waals surface area contributed by atoms with Crippen LogP contribution >= 0.6 is 15.9 Å². The lowest BCUT2D eigenvalue weighted by Crippen LogP contribution is -2.37. The lowest BCUT2D eigenvalue weighted by Gasteiger charge is -2.27. The number of anilines is 1. The van der Waals surface area contributed by atoms with Crippen LogP contribution in [0.1, 0.15) is 38.2 Å². The van der Waals surface area contributed by atoms with Gasteiger partial charge in [-0.15, -0.1) is 0 Å². The second-order valence-electron chi connectivity index (χ2n) is 5.62. The number of nitrogens with one attached hydrogen (secondary N) is 2. The van der Waals surface area contributed by atoms with E-state index in [0.717, 1.165) is 25.5 Å². The minimum Gasteiger partial charge on any atom is -0.382 e. The smallest absolute Gasteiger partial charge is 0.382 e. The lowest BCUT2D eigenvalue weighted by molar-refractivity contribution is -0.137. The van der Waals surface area contributed by atoms with E-state index in [-0.39, 0.29) is 11.7 Å². The summed E-state index contributed by atoms with van der Waals surface area (Å²) in [6, 6.07) is 4.61. The molecule has 6 heteroatoms. The molecular formula is C15H20BrF3N2. The van der Waals surface area contributed by atoms with Crippen LogP contribution in [0.5, 0.6) is 0 Å². The largest absolute Gasteiger partial charge is 0.418 e. The maximum atomic E-state index is 13.1. The zero-order valence-electron chi connectivity index (χ0n) is 11.9. The molecule has 0 aliphatic carbocycles. The van der Waals surface area contributed by atoms with Crippen molar-refractivity contribution < 1.29 is 13.2 Å². The summed E-state index contributed by atoms with van der Waals surface area (Å²) in [5, 5.41) is 6.43. The van der Waals surface area contributed by atoms with Gasteiger partial charge in [-0.1, -0.05) is 22.4 Å². The van der Waals surface area contributed by atoms with Crippen molar-refractivity contribution >= 4 is 21.6 Å². The highest BCUT2D eigenvalue weighted by Gasteiger charge is 2.34.